The van der Waals surface area contributed by atoms with Gasteiger partial charge in [0.2, 0.25) is 0 Å². The second kappa shape index (κ2) is 12.0. The van der Waals surface area contributed by atoms with Crippen molar-refractivity contribution in [3.8, 4) is 0 Å². The van der Waals surface area contributed by atoms with Crippen LogP contribution in [0, 0.1) is 0 Å². The van der Waals surface area contributed by atoms with Crippen LogP contribution in [0.15, 0.2) is 0 Å². The third-order valence-corrected chi connectivity index (χ3v) is 2.63. The Balaban J connectivity index is -0.000000317. The molecule has 0 bridgehead atoms. The third-order valence-electron chi connectivity index (χ3n) is 1.54. The van der Waals surface area contributed by atoms with Gasteiger partial charge < -0.3 is 25.2 Å². The molecule has 0 fully saturated rings. The van der Waals surface area contributed by atoms with Crippen molar-refractivity contribution >= 4 is 34.0 Å². The standard InChI is InChI=1S/C4H6O7S.C4H6O4.K/c5-3(6)1-2(4(7)8)12(9,10)11;5-3(6)1-2-4(7)8;/h2H,1H2,(H,5,6)(H,7,8)(H,9,10,11);1-2H2,(H,5,6)(H,7,8);/q;;+1/p-1. The molecular formula is C8H11KO11S. The van der Waals surface area contributed by atoms with Crippen LogP contribution in [0.4, 0.5) is 0 Å². The van der Waals surface area contributed by atoms with Gasteiger partial charge in [0, 0.05) is 5.97 Å². The minimum Gasteiger partial charge on any atom is -0.550 e. The summed E-state index contributed by atoms with van der Waals surface area (Å²) in [6.07, 6.45) is -1.92. The first-order chi connectivity index (χ1) is 8.87. The number of carboxylic acids is 4. The van der Waals surface area contributed by atoms with E-state index < -0.39 is 52.1 Å². The van der Waals surface area contributed by atoms with Crippen LogP contribution in [0.2, 0.25) is 0 Å². The summed E-state index contributed by atoms with van der Waals surface area (Å²) in [7, 11) is -4.84. The van der Waals surface area contributed by atoms with E-state index in [1.165, 1.54) is 0 Å². The van der Waals surface area contributed by atoms with Crippen molar-refractivity contribution in [1.29, 1.82) is 0 Å². The van der Waals surface area contributed by atoms with Crippen LogP contribution >= 0.6 is 0 Å². The molecule has 116 valence electrons. The van der Waals surface area contributed by atoms with E-state index in [-0.39, 0.29) is 57.8 Å². The van der Waals surface area contributed by atoms with Gasteiger partial charge in [0.15, 0.2) is 5.25 Å². The average Bonchev–Trinajstić information content (AvgIpc) is 2.22. The monoisotopic (exact) mass is 354 g/mol. The van der Waals surface area contributed by atoms with Crippen LogP contribution in [0.5, 0.6) is 0 Å². The Morgan fingerprint density at radius 2 is 1.38 bits per heavy atom. The number of carbonyl (C=O) groups excluding carboxylic acids is 1. The number of hydrogen-bond donors (Lipinski definition) is 4. The van der Waals surface area contributed by atoms with Gasteiger partial charge in [0.1, 0.15) is 0 Å². The Labute approximate surface area is 161 Å². The van der Waals surface area contributed by atoms with E-state index in [0.29, 0.717) is 0 Å². The Bertz CT molecular complexity index is 468. The SMILES string of the molecule is O=C(O)CC(C(=O)O)S(=O)(=O)O.O=C([O-])CCC(=O)O.[K+]. The van der Waals surface area contributed by atoms with Crippen molar-refractivity contribution in [3.63, 3.8) is 0 Å². The van der Waals surface area contributed by atoms with E-state index in [9.17, 15) is 32.7 Å². The predicted molar refractivity (Wildman–Crippen MR) is 57.1 cm³/mol. The fraction of sp³-hybridized carbons (Fsp3) is 0.500. The average molecular weight is 354 g/mol. The number of hydrogen-bond acceptors (Lipinski definition) is 7. The molecule has 0 saturated heterocycles. The molecule has 1 unspecified atom stereocenters. The summed E-state index contributed by atoms with van der Waals surface area (Å²) >= 11 is 0. The Hall–Kier alpha value is -0.574. The van der Waals surface area contributed by atoms with Crippen molar-refractivity contribution in [1.82, 2.24) is 0 Å². The topological polar surface area (TPSA) is 206 Å². The van der Waals surface area contributed by atoms with Gasteiger partial charge in [-0.25, -0.2) is 0 Å². The Kier molecular flexibility index (Phi) is 14.5. The number of aliphatic carboxylic acids is 4. The number of rotatable bonds is 7. The second-order valence-corrected chi connectivity index (χ2v) is 4.80. The van der Waals surface area contributed by atoms with Gasteiger partial charge in [-0.1, -0.05) is 0 Å². The molecule has 1 atom stereocenters. The van der Waals surface area contributed by atoms with Gasteiger partial charge in [-0.05, 0) is 6.42 Å². The summed E-state index contributed by atoms with van der Waals surface area (Å²) in [5, 5.41) is 31.3. The van der Waals surface area contributed by atoms with E-state index in [1.807, 2.05) is 0 Å². The molecule has 0 spiro atoms. The van der Waals surface area contributed by atoms with Crippen molar-refractivity contribution in [2.24, 2.45) is 0 Å². The smallest absolute Gasteiger partial charge is 0.550 e. The maximum atomic E-state index is 10.2. The van der Waals surface area contributed by atoms with E-state index in [1.54, 1.807) is 0 Å². The first-order valence-electron chi connectivity index (χ1n) is 4.70. The molecule has 4 N–H and O–H groups in total. The minimum atomic E-state index is -4.84. The molecule has 0 rings (SSSR count). The van der Waals surface area contributed by atoms with Crippen molar-refractivity contribution in [2.45, 2.75) is 24.5 Å². The molecule has 11 nitrogen and oxygen atoms in total. The molecule has 0 aliphatic rings. The maximum absolute atomic E-state index is 10.2. The molecule has 0 aliphatic carbocycles. The molecule has 0 heterocycles. The zero-order valence-electron chi connectivity index (χ0n) is 10.8. The van der Waals surface area contributed by atoms with Crippen molar-refractivity contribution in [2.75, 3.05) is 0 Å². The second-order valence-electron chi connectivity index (χ2n) is 3.21. The molecule has 0 aromatic rings. The molecule has 0 aliphatic heterocycles. The zero-order valence-corrected chi connectivity index (χ0v) is 14.7. The van der Waals surface area contributed by atoms with Gasteiger partial charge in [-0.3, -0.25) is 18.9 Å². The summed E-state index contributed by atoms with van der Waals surface area (Å²) < 4.78 is 28.7. The Morgan fingerprint density at radius 1 is 0.952 bits per heavy atom. The van der Waals surface area contributed by atoms with Crippen LogP contribution < -0.4 is 56.5 Å². The summed E-state index contributed by atoms with van der Waals surface area (Å²) in [6.45, 7) is 0. The van der Waals surface area contributed by atoms with Gasteiger partial charge in [-0.2, -0.15) is 8.42 Å². The van der Waals surface area contributed by atoms with Crippen molar-refractivity contribution < 1.29 is 104 Å². The summed E-state index contributed by atoms with van der Waals surface area (Å²) in [5.74, 6) is -5.94. The predicted octanol–water partition coefficient (Wildman–Crippen LogP) is -5.59. The first-order valence-corrected chi connectivity index (χ1v) is 6.20. The molecule has 0 aromatic heterocycles. The molecule has 0 aromatic carbocycles. The maximum Gasteiger partial charge on any atom is 1.00 e. The number of carboxylic acid groups (broad SMARTS) is 4. The zero-order chi connectivity index (χ0) is 16.5. The Morgan fingerprint density at radius 3 is 1.48 bits per heavy atom. The third kappa shape index (κ3) is 17.4. The van der Waals surface area contributed by atoms with Gasteiger partial charge in [0.05, 0.1) is 12.8 Å². The number of carbonyl (C=O) groups is 4. The van der Waals surface area contributed by atoms with Gasteiger partial charge in [-0.15, -0.1) is 0 Å². The molecule has 0 radical (unpaired) electrons. The summed E-state index contributed by atoms with van der Waals surface area (Å²) in [4.78, 5) is 39.1. The van der Waals surface area contributed by atoms with Crippen LogP contribution in [0.25, 0.3) is 0 Å². The van der Waals surface area contributed by atoms with Gasteiger partial charge in [0.25, 0.3) is 10.1 Å². The van der Waals surface area contributed by atoms with Crippen LogP contribution in [0.3, 0.4) is 0 Å². The molecular weight excluding hydrogens is 343 g/mol. The van der Waals surface area contributed by atoms with E-state index in [4.69, 9.17) is 19.9 Å². The fourth-order valence-electron chi connectivity index (χ4n) is 0.688. The van der Waals surface area contributed by atoms with Gasteiger partial charge >= 0.3 is 69.3 Å². The van der Waals surface area contributed by atoms with E-state index >= 15 is 0 Å². The van der Waals surface area contributed by atoms with Crippen LogP contribution in [0.1, 0.15) is 19.3 Å². The minimum absolute atomic E-state index is 0. The first kappa shape index (κ1) is 25.4. The summed E-state index contributed by atoms with van der Waals surface area (Å²) in [5.41, 5.74) is 0. The fourth-order valence-corrected chi connectivity index (χ4v) is 1.30. The molecule has 21 heavy (non-hydrogen) atoms. The van der Waals surface area contributed by atoms with E-state index in [2.05, 4.69) is 0 Å². The molecule has 0 amide bonds. The van der Waals surface area contributed by atoms with Crippen LogP contribution in [-0.2, 0) is 29.3 Å². The van der Waals surface area contributed by atoms with E-state index in [0.717, 1.165) is 0 Å². The summed E-state index contributed by atoms with van der Waals surface area (Å²) in [6, 6.07) is 0. The van der Waals surface area contributed by atoms with Crippen molar-refractivity contribution in [3.05, 3.63) is 0 Å². The normalized spacial score (nSPS) is 11.1. The van der Waals surface area contributed by atoms with Crippen LogP contribution in [-0.4, -0.2) is 57.4 Å². The quantitative estimate of drug-likeness (QED) is 0.250. The molecule has 0 saturated carbocycles. The molecule has 13 heteroatoms. The largest absolute Gasteiger partial charge is 1.00 e.